The van der Waals surface area contributed by atoms with Crippen molar-refractivity contribution in [1.82, 2.24) is 4.98 Å². The molecule has 0 radical (unpaired) electrons. The second kappa shape index (κ2) is 5.87. The minimum Gasteiger partial charge on any atom is -0.456 e. The molecule has 1 atom stereocenters. The molecule has 3 heteroatoms. The van der Waals surface area contributed by atoms with Crippen molar-refractivity contribution in [2.24, 2.45) is 10.9 Å². The van der Waals surface area contributed by atoms with Gasteiger partial charge in [-0.15, -0.1) is 0 Å². The maximum Gasteiger partial charge on any atom is 0.145 e. The molecule has 0 saturated carbocycles. The lowest BCUT2D eigenvalue weighted by Gasteiger charge is -2.18. The third kappa shape index (κ3) is 3.05. The molecule has 0 N–H and O–H groups in total. The first-order chi connectivity index (χ1) is 9.81. The molecule has 0 spiro atoms. The highest BCUT2D eigenvalue weighted by Crippen LogP contribution is 2.24. The number of hydrogen-bond acceptors (Lipinski definition) is 3. The lowest BCUT2D eigenvalue weighted by atomic mass is 9.96. The number of aromatic nitrogens is 1. The van der Waals surface area contributed by atoms with Crippen LogP contribution in [0.3, 0.4) is 0 Å². The fourth-order valence-corrected chi connectivity index (χ4v) is 2.34. The monoisotopic (exact) mass is 266 g/mol. The zero-order valence-corrected chi connectivity index (χ0v) is 11.6. The zero-order valence-electron chi connectivity index (χ0n) is 11.6. The molecule has 3 rings (SSSR count). The Bertz CT molecular complexity index is 607. The number of nitrogens with zero attached hydrogens (tertiary/aromatic N) is 2. The van der Waals surface area contributed by atoms with Gasteiger partial charge in [0.2, 0.25) is 0 Å². The number of rotatable bonds is 3. The summed E-state index contributed by atoms with van der Waals surface area (Å²) in [5.41, 5.74) is 2.36. The molecule has 0 amide bonds. The minimum atomic E-state index is 0.702. The van der Waals surface area contributed by atoms with Gasteiger partial charge in [0.05, 0.1) is 6.20 Å². The summed E-state index contributed by atoms with van der Waals surface area (Å²) in [5.74, 6) is 2.29. The average Bonchev–Trinajstić information content (AvgIpc) is 2.49. The third-order valence-corrected chi connectivity index (χ3v) is 3.51. The average molecular weight is 266 g/mol. The van der Waals surface area contributed by atoms with Crippen molar-refractivity contribution < 1.29 is 4.74 Å². The lowest BCUT2D eigenvalue weighted by molar-refractivity contribution is 0.480. The van der Waals surface area contributed by atoms with Gasteiger partial charge in [-0.25, -0.2) is 0 Å². The molecule has 1 unspecified atom stereocenters. The topological polar surface area (TPSA) is 34.5 Å². The number of benzene rings is 1. The molecule has 1 aromatic heterocycles. The second-order valence-electron chi connectivity index (χ2n) is 5.25. The smallest absolute Gasteiger partial charge is 0.145 e. The molecule has 0 saturated heterocycles. The molecule has 2 aromatic rings. The number of pyridine rings is 1. The summed E-state index contributed by atoms with van der Waals surface area (Å²) in [4.78, 5) is 8.73. The van der Waals surface area contributed by atoms with Crippen LogP contribution in [-0.2, 0) is 0 Å². The number of hydrogen-bond donors (Lipinski definition) is 0. The van der Waals surface area contributed by atoms with Crippen LogP contribution in [0.2, 0.25) is 0 Å². The van der Waals surface area contributed by atoms with Gasteiger partial charge in [-0.05, 0) is 48.6 Å². The maximum absolute atomic E-state index is 5.81. The molecular weight excluding hydrogens is 248 g/mol. The Hall–Kier alpha value is -2.16. The first-order valence-corrected chi connectivity index (χ1v) is 7.03. The van der Waals surface area contributed by atoms with Gasteiger partial charge in [0, 0.05) is 18.5 Å². The highest BCUT2D eigenvalue weighted by atomic mass is 16.5. The fourth-order valence-electron chi connectivity index (χ4n) is 2.34. The van der Waals surface area contributed by atoms with Crippen LogP contribution in [0.15, 0.2) is 53.8 Å². The Balaban J connectivity index is 1.80. The van der Waals surface area contributed by atoms with Crippen LogP contribution < -0.4 is 4.74 Å². The van der Waals surface area contributed by atoms with Crippen molar-refractivity contribution in [3.8, 4) is 11.5 Å². The summed E-state index contributed by atoms with van der Waals surface area (Å²) in [6.07, 6.45) is 5.72. The largest absolute Gasteiger partial charge is 0.456 e. The van der Waals surface area contributed by atoms with Gasteiger partial charge in [-0.3, -0.25) is 9.98 Å². The van der Waals surface area contributed by atoms with Crippen LogP contribution >= 0.6 is 0 Å². The molecule has 3 nitrogen and oxygen atoms in total. The normalized spacial score (nSPS) is 18.4. The summed E-state index contributed by atoms with van der Waals surface area (Å²) in [7, 11) is 0. The van der Waals surface area contributed by atoms with E-state index < -0.39 is 0 Å². The highest BCUT2D eigenvalue weighted by Gasteiger charge is 2.13. The van der Waals surface area contributed by atoms with E-state index in [2.05, 4.69) is 29.0 Å². The molecule has 0 aliphatic carbocycles. The quantitative estimate of drug-likeness (QED) is 0.838. The SMILES string of the molecule is CC1CCC(c2cccc(Oc3cccnc3)c2)=NC1. The number of ether oxygens (including phenoxy) is 1. The van der Waals surface area contributed by atoms with Gasteiger partial charge in [0.25, 0.3) is 0 Å². The third-order valence-electron chi connectivity index (χ3n) is 3.51. The fraction of sp³-hybridized carbons (Fsp3) is 0.294. The van der Waals surface area contributed by atoms with Crippen molar-refractivity contribution >= 4 is 5.71 Å². The Morgan fingerprint density at radius 1 is 1.15 bits per heavy atom. The van der Waals surface area contributed by atoms with Gasteiger partial charge in [0.1, 0.15) is 11.5 Å². The van der Waals surface area contributed by atoms with E-state index in [4.69, 9.17) is 4.74 Å². The van der Waals surface area contributed by atoms with Crippen LogP contribution in [0, 0.1) is 5.92 Å². The molecule has 0 fully saturated rings. The van der Waals surface area contributed by atoms with Gasteiger partial charge >= 0.3 is 0 Å². The van der Waals surface area contributed by atoms with Gasteiger partial charge in [-0.1, -0.05) is 19.1 Å². The van der Waals surface area contributed by atoms with E-state index in [0.717, 1.165) is 24.5 Å². The van der Waals surface area contributed by atoms with Crippen molar-refractivity contribution in [3.63, 3.8) is 0 Å². The van der Waals surface area contributed by atoms with E-state index in [1.807, 2.05) is 24.3 Å². The molecule has 1 aliphatic heterocycles. The standard InChI is InChI=1S/C17H18N2O/c1-13-7-8-17(19-11-13)14-4-2-5-15(10-14)20-16-6-3-9-18-12-16/h2-6,9-10,12-13H,7-8,11H2,1H3. The first-order valence-electron chi connectivity index (χ1n) is 7.03. The molecular formula is C17H18N2O. The van der Waals surface area contributed by atoms with Crippen molar-refractivity contribution in [2.75, 3.05) is 6.54 Å². The van der Waals surface area contributed by atoms with Crippen molar-refractivity contribution in [1.29, 1.82) is 0 Å². The van der Waals surface area contributed by atoms with Crippen LogP contribution in [0.4, 0.5) is 0 Å². The van der Waals surface area contributed by atoms with Crippen LogP contribution in [0.1, 0.15) is 25.3 Å². The number of aliphatic imine (C=N–C) groups is 1. The van der Waals surface area contributed by atoms with Crippen LogP contribution in [0.25, 0.3) is 0 Å². The predicted molar refractivity (Wildman–Crippen MR) is 80.6 cm³/mol. The predicted octanol–water partition coefficient (Wildman–Crippen LogP) is 4.09. The molecule has 2 heterocycles. The Morgan fingerprint density at radius 3 is 2.80 bits per heavy atom. The van der Waals surface area contributed by atoms with E-state index in [0.29, 0.717) is 5.92 Å². The van der Waals surface area contributed by atoms with E-state index in [1.54, 1.807) is 12.4 Å². The first kappa shape index (κ1) is 12.9. The maximum atomic E-state index is 5.81. The second-order valence-corrected chi connectivity index (χ2v) is 5.25. The summed E-state index contributed by atoms with van der Waals surface area (Å²) in [6, 6.07) is 11.9. The summed E-state index contributed by atoms with van der Waals surface area (Å²) in [5, 5.41) is 0. The van der Waals surface area contributed by atoms with E-state index in [-0.39, 0.29) is 0 Å². The van der Waals surface area contributed by atoms with Gasteiger partial charge < -0.3 is 4.74 Å². The molecule has 102 valence electrons. The summed E-state index contributed by atoms with van der Waals surface area (Å²) >= 11 is 0. The lowest BCUT2D eigenvalue weighted by Crippen LogP contribution is -2.14. The highest BCUT2D eigenvalue weighted by molar-refractivity contribution is 6.01. The van der Waals surface area contributed by atoms with Crippen molar-refractivity contribution in [3.05, 3.63) is 54.4 Å². The Morgan fingerprint density at radius 2 is 2.05 bits per heavy atom. The van der Waals surface area contributed by atoms with E-state index in [1.165, 1.54) is 17.7 Å². The van der Waals surface area contributed by atoms with E-state index >= 15 is 0 Å². The van der Waals surface area contributed by atoms with Gasteiger partial charge in [-0.2, -0.15) is 0 Å². The minimum absolute atomic E-state index is 0.702. The van der Waals surface area contributed by atoms with Crippen LogP contribution in [-0.4, -0.2) is 17.2 Å². The summed E-state index contributed by atoms with van der Waals surface area (Å²) < 4.78 is 5.81. The molecule has 1 aromatic carbocycles. The Kier molecular flexibility index (Phi) is 3.77. The molecule has 0 bridgehead atoms. The molecule has 1 aliphatic rings. The van der Waals surface area contributed by atoms with Crippen LogP contribution in [0.5, 0.6) is 11.5 Å². The van der Waals surface area contributed by atoms with Gasteiger partial charge in [0.15, 0.2) is 0 Å². The zero-order chi connectivity index (χ0) is 13.8. The Labute approximate surface area is 119 Å². The summed E-state index contributed by atoms with van der Waals surface area (Å²) in [6.45, 7) is 3.19. The molecule has 20 heavy (non-hydrogen) atoms. The van der Waals surface area contributed by atoms with Crippen molar-refractivity contribution in [2.45, 2.75) is 19.8 Å². The van der Waals surface area contributed by atoms with E-state index in [9.17, 15) is 0 Å².